The first-order valence-corrected chi connectivity index (χ1v) is 4.97. The second-order valence-corrected chi connectivity index (χ2v) is 3.82. The van der Waals surface area contributed by atoms with Crippen molar-refractivity contribution in [3.8, 4) is 5.82 Å². The third-order valence-electron chi connectivity index (χ3n) is 1.96. The number of nitrogens with zero attached hydrogens (tertiary/aromatic N) is 5. The standard InChI is InChI=1S/C9H11ClN6/c1-15(2)9-12-4-3-7(13-9)16-5-6(10)8(11)14-16/h3-5H,1-2H3,(H2,11,14). The summed E-state index contributed by atoms with van der Waals surface area (Å²) >= 11 is 5.82. The fourth-order valence-corrected chi connectivity index (χ4v) is 1.30. The van der Waals surface area contributed by atoms with Crippen LogP contribution in [0.5, 0.6) is 0 Å². The number of anilines is 2. The van der Waals surface area contributed by atoms with E-state index in [0.29, 0.717) is 16.8 Å². The molecule has 0 saturated carbocycles. The van der Waals surface area contributed by atoms with Crippen molar-refractivity contribution in [1.29, 1.82) is 0 Å². The lowest BCUT2D eigenvalue weighted by Gasteiger charge is -2.10. The van der Waals surface area contributed by atoms with Crippen molar-refractivity contribution in [2.75, 3.05) is 24.7 Å². The van der Waals surface area contributed by atoms with Gasteiger partial charge in [0.05, 0.1) is 6.20 Å². The average Bonchev–Trinajstić information content (AvgIpc) is 2.59. The molecule has 2 heterocycles. The number of hydrogen-bond donors (Lipinski definition) is 1. The highest BCUT2D eigenvalue weighted by molar-refractivity contribution is 6.32. The quantitative estimate of drug-likeness (QED) is 0.844. The van der Waals surface area contributed by atoms with Crippen LogP contribution < -0.4 is 10.6 Å². The summed E-state index contributed by atoms with van der Waals surface area (Å²) in [5.41, 5.74) is 5.56. The number of hydrogen-bond acceptors (Lipinski definition) is 5. The summed E-state index contributed by atoms with van der Waals surface area (Å²) in [7, 11) is 3.73. The molecule has 0 aliphatic heterocycles. The molecule has 84 valence electrons. The van der Waals surface area contributed by atoms with Crippen LogP contribution in [0.25, 0.3) is 5.82 Å². The van der Waals surface area contributed by atoms with Crippen molar-refractivity contribution in [3.05, 3.63) is 23.5 Å². The van der Waals surface area contributed by atoms with Crippen LogP contribution in [0.2, 0.25) is 5.02 Å². The molecule has 6 nitrogen and oxygen atoms in total. The molecule has 2 aromatic heterocycles. The van der Waals surface area contributed by atoms with Crippen molar-refractivity contribution in [2.45, 2.75) is 0 Å². The summed E-state index contributed by atoms with van der Waals surface area (Å²) in [5.74, 6) is 1.51. The van der Waals surface area contributed by atoms with Gasteiger partial charge < -0.3 is 10.6 Å². The number of halogens is 1. The summed E-state index contributed by atoms with van der Waals surface area (Å²) in [6, 6.07) is 1.73. The molecule has 2 rings (SSSR count). The van der Waals surface area contributed by atoms with Gasteiger partial charge in [0.2, 0.25) is 5.95 Å². The zero-order chi connectivity index (χ0) is 11.7. The van der Waals surface area contributed by atoms with Crippen LogP contribution in [-0.2, 0) is 0 Å². The molecule has 0 radical (unpaired) electrons. The summed E-state index contributed by atoms with van der Waals surface area (Å²) in [4.78, 5) is 10.2. The fourth-order valence-electron chi connectivity index (χ4n) is 1.17. The van der Waals surface area contributed by atoms with Gasteiger partial charge in [-0.2, -0.15) is 4.98 Å². The molecule has 0 saturated heterocycles. The van der Waals surface area contributed by atoms with E-state index in [-0.39, 0.29) is 5.82 Å². The number of rotatable bonds is 2. The van der Waals surface area contributed by atoms with Crippen molar-refractivity contribution in [3.63, 3.8) is 0 Å². The Hall–Kier alpha value is -1.82. The summed E-state index contributed by atoms with van der Waals surface area (Å²) in [6.45, 7) is 0. The molecule has 0 unspecified atom stereocenters. The van der Waals surface area contributed by atoms with Gasteiger partial charge in [0.1, 0.15) is 5.02 Å². The van der Waals surface area contributed by atoms with E-state index in [1.165, 1.54) is 4.68 Å². The predicted molar refractivity (Wildman–Crippen MR) is 62.9 cm³/mol. The molecule has 16 heavy (non-hydrogen) atoms. The van der Waals surface area contributed by atoms with E-state index in [1.807, 2.05) is 14.1 Å². The van der Waals surface area contributed by atoms with Gasteiger partial charge in [-0.3, -0.25) is 0 Å². The first-order chi connectivity index (χ1) is 7.58. The minimum Gasteiger partial charge on any atom is -0.381 e. The monoisotopic (exact) mass is 238 g/mol. The van der Waals surface area contributed by atoms with E-state index in [1.54, 1.807) is 23.4 Å². The van der Waals surface area contributed by atoms with Crippen molar-refractivity contribution in [1.82, 2.24) is 19.7 Å². The maximum absolute atomic E-state index is 5.82. The lowest BCUT2D eigenvalue weighted by atomic mass is 10.5. The van der Waals surface area contributed by atoms with Gasteiger partial charge in [0, 0.05) is 26.4 Å². The number of aromatic nitrogens is 4. The normalized spacial score (nSPS) is 10.4. The predicted octanol–water partition coefficient (Wildman–Crippen LogP) is 0.964. The van der Waals surface area contributed by atoms with Gasteiger partial charge in [-0.1, -0.05) is 11.6 Å². The Balaban J connectivity index is 2.44. The van der Waals surface area contributed by atoms with E-state index in [0.717, 1.165) is 0 Å². The van der Waals surface area contributed by atoms with E-state index < -0.39 is 0 Å². The topological polar surface area (TPSA) is 72.9 Å². The molecule has 0 aliphatic rings. The third kappa shape index (κ3) is 1.92. The van der Waals surface area contributed by atoms with Crippen LogP contribution in [0.1, 0.15) is 0 Å². The highest BCUT2D eigenvalue weighted by Crippen LogP contribution is 2.18. The van der Waals surface area contributed by atoms with Gasteiger partial charge >= 0.3 is 0 Å². The van der Waals surface area contributed by atoms with Crippen molar-refractivity contribution >= 4 is 23.4 Å². The summed E-state index contributed by atoms with van der Waals surface area (Å²) in [5, 5.41) is 4.44. The first-order valence-electron chi connectivity index (χ1n) is 4.59. The van der Waals surface area contributed by atoms with Crippen LogP contribution in [0, 0.1) is 0 Å². The van der Waals surface area contributed by atoms with Crippen LogP contribution in [0.3, 0.4) is 0 Å². The molecule has 0 bridgehead atoms. The molecule has 0 fully saturated rings. The van der Waals surface area contributed by atoms with Crippen LogP contribution >= 0.6 is 11.6 Å². The molecular formula is C9H11ClN6. The molecule has 0 atom stereocenters. The average molecular weight is 239 g/mol. The van der Waals surface area contributed by atoms with Crippen LogP contribution in [0.15, 0.2) is 18.5 Å². The molecule has 0 amide bonds. The second-order valence-electron chi connectivity index (χ2n) is 3.42. The van der Waals surface area contributed by atoms with Crippen LogP contribution in [0.4, 0.5) is 11.8 Å². The molecule has 0 aliphatic carbocycles. The van der Waals surface area contributed by atoms with Gasteiger partial charge in [0.25, 0.3) is 0 Å². The van der Waals surface area contributed by atoms with Crippen LogP contribution in [-0.4, -0.2) is 33.8 Å². The highest BCUT2D eigenvalue weighted by Gasteiger charge is 2.07. The largest absolute Gasteiger partial charge is 0.381 e. The molecule has 2 aromatic rings. The Kier molecular flexibility index (Phi) is 2.66. The zero-order valence-electron chi connectivity index (χ0n) is 8.92. The maximum Gasteiger partial charge on any atom is 0.226 e. The SMILES string of the molecule is CN(C)c1nccc(-n2cc(Cl)c(N)n2)n1. The minimum atomic E-state index is 0.284. The van der Waals surface area contributed by atoms with E-state index in [9.17, 15) is 0 Å². The number of nitrogen functional groups attached to an aromatic ring is 1. The molecule has 0 spiro atoms. The third-order valence-corrected chi connectivity index (χ3v) is 2.25. The smallest absolute Gasteiger partial charge is 0.226 e. The molecule has 7 heteroatoms. The number of nitrogens with two attached hydrogens (primary N) is 1. The molecule has 2 N–H and O–H groups in total. The van der Waals surface area contributed by atoms with Crippen molar-refractivity contribution < 1.29 is 0 Å². The Morgan fingerprint density at radius 1 is 1.44 bits per heavy atom. The van der Waals surface area contributed by atoms with E-state index in [4.69, 9.17) is 17.3 Å². The van der Waals surface area contributed by atoms with Gasteiger partial charge in [-0.15, -0.1) is 5.10 Å². The minimum absolute atomic E-state index is 0.284. The Labute approximate surface area is 97.7 Å². The van der Waals surface area contributed by atoms with Gasteiger partial charge in [-0.25, -0.2) is 9.67 Å². The van der Waals surface area contributed by atoms with E-state index in [2.05, 4.69) is 15.1 Å². The lowest BCUT2D eigenvalue weighted by molar-refractivity contribution is 0.836. The van der Waals surface area contributed by atoms with Gasteiger partial charge in [-0.05, 0) is 0 Å². The Morgan fingerprint density at radius 3 is 2.75 bits per heavy atom. The Bertz CT molecular complexity index is 487. The molecular weight excluding hydrogens is 228 g/mol. The molecule has 0 aromatic carbocycles. The lowest BCUT2D eigenvalue weighted by Crippen LogP contribution is -2.13. The second kappa shape index (κ2) is 3.97. The van der Waals surface area contributed by atoms with Gasteiger partial charge in [0.15, 0.2) is 11.6 Å². The summed E-state index contributed by atoms with van der Waals surface area (Å²) in [6.07, 6.45) is 3.27. The van der Waals surface area contributed by atoms with Crippen molar-refractivity contribution in [2.24, 2.45) is 0 Å². The first kappa shape index (κ1) is 10.7. The fraction of sp³-hybridized carbons (Fsp3) is 0.222. The zero-order valence-corrected chi connectivity index (χ0v) is 9.68. The highest BCUT2D eigenvalue weighted by atomic mass is 35.5. The Morgan fingerprint density at radius 2 is 2.19 bits per heavy atom. The van der Waals surface area contributed by atoms with E-state index >= 15 is 0 Å². The summed E-state index contributed by atoms with van der Waals surface area (Å²) < 4.78 is 1.52. The maximum atomic E-state index is 5.82.